The van der Waals surface area contributed by atoms with Crippen LogP contribution in [0.2, 0.25) is 0 Å². The Morgan fingerprint density at radius 2 is 1.08 bits per heavy atom. The van der Waals surface area contributed by atoms with Crippen molar-refractivity contribution in [3.8, 4) is 0 Å². The maximum atomic E-state index is 3.17. The van der Waals surface area contributed by atoms with Gasteiger partial charge in [-0.2, -0.15) is 13.3 Å². The Bertz CT molecular complexity index is 424. The summed E-state index contributed by atoms with van der Waals surface area (Å²) in [5, 5.41) is 0. The van der Waals surface area contributed by atoms with Crippen molar-refractivity contribution in [2.75, 3.05) is 6.67 Å². The number of hydrogen-bond donors (Lipinski definition) is 0. The Hall–Kier alpha value is 0.328. The van der Waals surface area contributed by atoms with Gasteiger partial charge in [0.05, 0.1) is 0 Å². The van der Waals surface area contributed by atoms with Gasteiger partial charge in [-0.05, 0) is 50.5 Å². The summed E-state index contributed by atoms with van der Waals surface area (Å²) in [5.41, 5.74) is 0. The third kappa shape index (κ3) is 6.17. The minimum atomic E-state index is 0.208. The summed E-state index contributed by atoms with van der Waals surface area (Å²) >= 11 is 6.56. The van der Waals surface area contributed by atoms with Gasteiger partial charge in [0.15, 0.2) is 0 Å². The molecule has 2 saturated carbocycles. The molecule has 26 heavy (non-hydrogen) atoms. The van der Waals surface area contributed by atoms with E-state index in [1.165, 1.54) is 64.2 Å². The molecule has 0 aromatic carbocycles. The SMILES string of the molecule is C1=CN(C2CCCCC2)[CH-]N1CN1C=CN(C2CCCCC2)[CH-]1.[Br][Pt+2][Br]. The van der Waals surface area contributed by atoms with Crippen molar-refractivity contribution in [2.24, 2.45) is 0 Å². The summed E-state index contributed by atoms with van der Waals surface area (Å²) in [5.74, 6) is 0. The van der Waals surface area contributed by atoms with Gasteiger partial charge in [0.25, 0.3) is 0 Å². The van der Waals surface area contributed by atoms with Crippen molar-refractivity contribution in [1.82, 2.24) is 19.6 Å². The van der Waals surface area contributed by atoms with Crippen LogP contribution in [0.4, 0.5) is 0 Å². The summed E-state index contributed by atoms with van der Waals surface area (Å²) in [6.45, 7) is 5.50. The zero-order valence-electron chi connectivity index (χ0n) is 15.3. The number of rotatable bonds is 4. The maximum absolute atomic E-state index is 3.17. The van der Waals surface area contributed by atoms with Gasteiger partial charge in [0, 0.05) is 18.8 Å². The molecule has 0 aromatic heterocycles. The average Bonchev–Trinajstić information content (AvgIpc) is 3.34. The Morgan fingerprint density at radius 3 is 1.46 bits per heavy atom. The molecular weight excluding hydrogens is 639 g/mol. The summed E-state index contributed by atoms with van der Waals surface area (Å²) in [7, 11) is 0. The molecule has 2 aliphatic heterocycles. The van der Waals surface area contributed by atoms with Gasteiger partial charge in [-0.1, -0.05) is 38.5 Å². The summed E-state index contributed by atoms with van der Waals surface area (Å²) in [6, 6.07) is 1.45. The molecule has 0 amide bonds. The molecule has 2 fully saturated rings. The van der Waals surface area contributed by atoms with Crippen LogP contribution >= 0.6 is 26.6 Å². The first kappa shape index (κ1) is 21.0. The minimum absolute atomic E-state index is 0.208. The molecule has 0 radical (unpaired) electrons. The third-order valence-electron chi connectivity index (χ3n) is 5.74. The topological polar surface area (TPSA) is 13.0 Å². The van der Waals surface area contributed by atoms with E-state index >= 15 is 0 Å². The quantitative estimate of drug-likeness (QED) is 0.356. The van der Waals surface area contributed by atoms with E-state index in [0.717, 1.165) is 18.8 Å². The van der Waals surface area contributed by atoms with Crippen LogP contribution < -0.4 is 0 Å². The van der Waals surface area contributed by atoms with Crippen LogP contribution in [-0.4, -0.2) is 38.4 Å². The zero-order valence-corrected chi connectivity index (χ0v) is 20.7. The average molecular weight is 669 g/mol. The van der Waals surface area contributed by atoms with Gasteiger partial charge < -0.3 is 19.6 Å². The first-order valence-corrected chi connectivity index (χ1v) is 19.7. The van der Waals surface area contributed by atoms with Gasteiger partial charge >= 0.3 is 41.0 Å². The van der Waals surface area contributed by atoms with E-state index < -0.39 is 0 Å². The van der Waals surface area contributed by atoms with Gasteiger partial charge in [0.1, 0.15) is 0 Å². The van der Waals surface area contributed by atoms with Crippen molar-refractivity contribution in [1.29, 1.82) is 0 Å². The zero-order chi connectivity index (χ0) is 18.2. The number of halogens is 2. The number of nitrogens with zero attached hydrogens (tertiary/aromatic N) is 4. The van der Waals surface area contributed by atoms with Crippen molar-refractivity contribution in [3.05, 3.63) is 38.1 Å². The van der Waals surface area contributed by atoms with E-state index in [-0.39, 0.29) is 14.5 Å². The van der Waals surface area contributed by atoms with Gasteiger partial charge in [-0.3, -0.25) is 0 Å². The fourth-order valence-corrected chi connectivity index (χ4v) is 4.37. The molecule has 4 rings (SSSR count). The second-order valence-electron chi connectivity index (χ2n) is 7.52. The van der Waals surface area contributed by atoms with Crippen LogP contribution in [0.1, 0.15) is 64.2 Å². The Balaban J connectivity index is 0.000000613. The predicted octanol–water partition coefficient (Wildman–Crippen LogP) is 5.71. The van der Waals surface area contributed by atoms with Crippen LogP contribution in [0.15, 0.2) is 24.8 Å². The van der Waals surface area contributed by atoms with Crippen molar-refractivity contribution in [2.45, 2.75) is 76.3 Å². The molecule has 0 saturated heterocycles. The standard InChI is InChI=1S/C19H30N4.2BrH.Pt/c1-3-7-18(8-4-1)22-13-11-20(16-22)15-21-12-14-23(17-21)19-9-5-2-6-10-19;;;/h11-14,16-19H,1-10,15H2;2*1H;/q-2;;;+4/p-2. The van der Waals surface area contributed by atoms with Crippen LogP contribution in [0.3, 0.4) is 0 Å². The molecule has 7 heteroatoms. The normalized spacial score (nSPS) is 24.5. The fourth-order valence-electron chi connectivity index (χ4n) is 4.37. The monoisotopic (exact) mass is 667 g/mol. The van der Waals surface area contributed by atoms with Crippen LogP contribution in [0, 0.1) is 13.3 Å². The summed E-state index contributed by atoms with van der Waals surface area (Å²) < 4.78 is 0. The van der Waals surface area contributed by atoms with E-state index in [1.807, 2.05) is 0 Å². The predicted molar refractivity (Wildman–Crippen MR) is 111 cm³/mol. The van der Waals surface area contributed by atoms with Crippen molar-refractivity contribution in [3.63, 3.8) is 0 Å². The van der Waals surface area contributed by atoms with E-state index in [0.29, 0.717) is 0 Å². The molecule has 0 bridgehead atoms. The molecule has 2 heterocycles. The molecule has 0 unspecified atom stereocenters. The Kier molecular flexibility index (Phi) is 9.20. The summed E-state index contributed by atoms with van der Waals surface area (Å²) in [4.78, 5) is 9.47. The molecule has 150 valence electrons. The molecule has 0 spiro atoms. The van der Waals surface area contributed by atoms with E-state index in [2.05, 4.69) is 84.3 Å². The van der Waals surface area contributed by atoms with E-state index in [1.54, 1.807) is 0 Å². The van der Waals surface area contributed by atoms with Gasteiger partial charge in [-0.15, -0.1) is 0 Å². The molecule has 4 nitrogen and oxygen atoms in total. The van der Waals surface area contributed by atoms with Crippen LogP contribution in [0.5, 0.6) is 0 Å². The van der Waals surface area contributed by atoms with Gasteiger partial charge in [-0.25, -0.2) is 0 Å². The summed E-state index contributed by atoms with van der Waals surface area (Å²) in [6.07, 6.45) is 22.7. The molecule has 0 atom stereocenters. The second kappa shape index (κ2) is 11.4. The molecule has 2 aliphatic carbocycles. The first-order chi connectivity index (χ1) is 12.8. The van der Waals surface area contributed by atoms with Crippen LogP contribution in [-0.2, 0) is 14.5 Å². The molecule has 0 aromatic rings. The molecule has 0 N–H and O–H groups in total. The van der Waals surface area contributed by atoms with Gasteiger partial charge in [0.2, 0.25) is 0 Å². The van der Waals surface area contributed by atoms with Crippen molar-refractivity contribution >= 4 is 26.6 Å². The fraction of sp³-hybridized carbons (Fsp3) is 0.684. The first-order valence-electron chi connectivity index (χ1n) is 9.75. The molecule has 4 aliphatic rings. The molecular formula is C19H30Br2N4Pt. The Labute approximate surface area is 180 Å². The van der Waals surface area contributed by atoms with Crippen molar-refractivity contribution < 1.29 is 14.5 Å². The third-order valence-corrected chi connectivity index (χ3v) is 5.74. The van der Waals surface area contributed by atoms with E-state index in [4.69, 9.17) is 0 Å². The van der Waals surface area contributed by atoms with E-state index in [9.17, 15) is 0 Å². The number of hydrogen-bond acceptors (Lipinski definition) is 4. The Morgan fingerprint density at radius 1 is 0.692 bits per heavy atom. The second-order valence-corrected chi connectivity index (χ2v) is 17.5. The van der Waals surface area contributed by atoms with Crippen LogP contribution in [0.25, 0.3) is 0 Å².